The third-order valence-electron chi connectivity index (χ3n) is 4.21. The maximum absolute atomic E-state index is 11.6. The fourth-order valence-electron chi connectivity index (χ4n) is 3.12. The number of carboxylic acids is 1. The molecule has 136 valence electrons. The molecule has 0 spiro atoms. The van der Waals surface area contributed by atoms with Gasteiger partial charge in [-0.25, -0.2) is 4.79 Å². The molecule has 4 nitrogen and oxygen atoms in total. The van der Waals surface area contributed by atoms with Gasteiger partial charge in [-0.05, 0) is 63.9 Å². The van der Waals surface area contributed by atoms with Crippen LogP contribution in [0, 0.1) is 0 Å². The van der Waals surface area contributed by atoms with Crippen LogP contribution in [0.15, 0.2) is 48.7 Å². The Balaban J connectivity index is 2.11. The van der Waals surface area contributed by atoms with Crippen molar-refractivity contribution < 1.29 is 14.6 Å². The van der Waals surface area contributed by atoms with Gasteiger partial charge in [0.1, 0.15) is 11.4 Å². The zero-order valence-electron chi connectivity index (χ0n) is 15.9. The zero-order chi connectivity index (χ0) is 19.1. The number of benzene rings is 2. The summed E-state index contributed by atoms with van der Waals surface area (Å²) in [5.74, 6) is -0.0803. The van der Waals surface area contributed by atoms with Crippen molar-refractivity contribution in [2.75, 3.05) is 0 Å². The van der Waals surface area contributed by atoms with E-state index in [9.17, 15) is 9.90 Å². The lowest BCUT2D eigenvalue weighted by Crippen LogP contribution is -2.22. The smallest absolute Gasteiger partial charge is 0.337 e. The van der Waals surface area contributed by atoms with Gasteiger partial charge in [-0.1, -0.05) is 24.3 Å². The Kier molecular flexibility index (Phi) is 4.53. The van der Waals surface area contributed by atoms with Crippen molar-refractivity contribution in [1.29, 1.82) is 0 Å². The van der Waals surface area contributed by atoms with Crippen LogP contribution in [0.1, 0.15) is 51.0 Å². The molecule has 0 aliphatic rings. The SMILES string of the molecule is CC(C)n1cc(C(=O)O)c2ccc(-c3cccc(OC(C)(C)C)c3)cc21. The summed E-state index contributed by atoms with van der Waals surface area (Å²) in [5.41, 5.74) is 3.09. The van der Waals surface area contributed by atoms with Crippen LogP contribution < -0.4 is 4.74 Å². The standard InChI is InChI=1S/C22H25NO3/c1-14(2)23-13-19(21(24)25)18-10-9-16(12-20(18)23)15-7-6-8-17(11-15)26-22(3,4)5/h6-14H,1-5H3,(H,24,25). The molecule has 0 aliphatic heterocycles. The fourth-order valence-corrected chi connectivity index (χ4v) is 3.12. The number of hydrogen-bond donors (Lipinski definition) is 1. The summed E-state index contributed by atoms with van der Waals surface area (Å²) in [6.07, 6.45) is 1.72. The molecule has 0 radical (unpaired) electrons. The van der Waals surface area contributed by atoms with E-state index in [1.54, 1.807) is 6.20 Å². The molecule has 1 heterocycles. The van der Waals surface area contributed by atoms with E-state index in [1.807, 2.05) is 61.7 Å². The van der Waals surface area contributed by atoms with E-state index in [2.05, 4.69) is 19.9 Å². The first-order chi connectivity index (χ1) is 12.2. The van der Waals surface area contributed by atoms with E-state index in [4.69, 9.17) is 4.74 Å². The van der Waals surface area contributed by atoms with Gasteiger partial charge in [-0.3, -0.25) is 0 Å². The maximum atomic E-state index is 11.6. The van der Waals surface area contributed by atoms with Crippen LogP contribution in [0.25, 0.3) is 22.0 Å². The second kappa shape index (κ2) is 6.52. The summed E-state index contributed by atoms with van der Waals surface area (Å²) in [4.78, 5) is 11.6. The normalized spacial score (nSPS) is 11.9. The van der Waals surface area contributed by atoms with Crippen molar-refractivity contribution in [3.63, 3.8) is 0 Å². The van der Waals surface area contributed by atoms with Crippen molar-refractivity contribution >= 4 is 16.9 Å². The number of nitrogens with zero attached hydrogens (tertiary/aromatic N) is 1. The van der Waals surface area contributed by atoms with E-state index in [1.165, 1.54) is 0 Å². The monoisotopic (exact) mass is 351 g/mol. The Morgan fingerprint density at radius 2 is 1.77 bits per heavy atom. The van der Waals surface area contributed by atoms with Crippen molar-refractivity contribution in [3.8, 4) is 16.9 Å². The van der Waals surface area contributed by atoms with E-state index < -0.39 is 5.97 Å². The topological polar surface area (TPSA) is 51.5 Å². The number of ether oxygens (including phenoxy) is 1. The summed E-state index contributed by atoms with van der Waals surface area (Å²) in [5, 5.41) is 10.2. The van der Waals surface area contributed by atoms with E-state index >= 15 is 0 Å². The van der Waals surface area contributed by atoms with Gasteiger partial charge in [-0.15, -0.1) is 0 Å². The van der Waals surface area contributed by atoms with Crippen molar-refractivity contribution in [2.45, 2.75) is 46.3 Å². The second-order valence-electron chi connectivity index (χ2n) is 7.82. The molecule has 1 aromatic heterocycles. The molecule has 0 saturated carbocycles. The summed E-state index contributed by atoms with van der Waals surface area (Å²) in [6.45, 7) is 10.2. The molecule has 0 atom stereocenters. The molecule has 2 aromatic carbocycles. The van der Waals surface area contributed by atoms with Gasteiger partial charge in [0.2, 0.25) is 0 Å². The number of aromatic carboxylic acids is 1. The molecule has 0 amide bonds. The lowest BCUT2D eigenvalue weighted by Gasteiger charge is -2.21. The summed E-state index contributed by atoms with van der Waals surface area (Å²) < 4.78 is 7.98. The Hall–Kier alpha value is -2.75. The highest BCUT2D eigenvalue weighted by molar-refractivity contribution is 6.04. The van der Waals surface area contributed by atoms with E-state index in [0.717, 1.165) is 27.8 Å². The minimum absolute atomic E-state index is 0.177. The van der Waals surface area contributed by atoms with Crippen LogP contribution in [0.3, 0.4) is 0 Å². The molecular formula is C22H25NO3. The molecule has 1 N–H and O–H groups in total. The van der Waals surface area contributed by atoms with Gasteiger partial charge >= 0.3 is 5.97 Å². The highest BCUT2D eigenvalue weighted by Gasteiger charge is 2.17. The summed E-state index contributed by atoms with van der Waals surface area (Å²) in [7, 11) is 0. The summed E-state index contributed by atoms with van der Waals surface area (Å²) >= 11 is 0. The molecule has 0 fully saturated rings. The number of carbonyl (C=O) groups is 1. The van der Waals surface area contributed by atoms with Gasteiger partial charge in [-0.2, -0.15) is 0 Å². The minimum atomic E-state index is -0.900. The van der Waals surface area contributed by atoms with Crippen molar-refractivity contribution in [3.05, 3.63) is 54.2 Å². The van der Waals surface area contributed by atoms with Gasteiger partial charge in [0.25, 0.3) is 0 Å². The Labute approximate surface area is 154 Å². The maximum Gasteiger partial charge on any atom is 0.337 e. The number of hydrogen-bond acceptors (Lipinski definition) is 2. The minimum Gasteiger partial charge on any atom is -0.488 e. The van der Waals surface area contributed by atoms with Gasteiger partial charge in [0, 0.05) is 23.1 Å². The number of fused-ring (bicyclic) bond motifs is 1. The van der Waals surface area contributed by atoms with Crippen LogP contribution in [0.5, 0.6) is 5.75 Å². The van der Waals surface area contributed by atoms with Crippen LogP contribution in [0.4, 0.5) is 0 Å². The first-order valence-corrected chi connectivity index (χ1v) is 8.83. The number of aromatic nitrogens is 1. The molecular weight excluding hydrogens is 326 g/mol. The highest BCUT2D eigenvalue weighted by Crippen LogP contribution is 2.31. The summed E-state index contributed by atoms with van der Waals surface area (Å²) in [6, 6.07) is 14.1. The quantitative estimate of drug-likeness (QED) is 0.649. The first kappa shape index (κ1) is 18.1. The zero-order valence-corrected chi connectivity index (χ0v) is 15.9. The molecule has 0 unspecified atom stereocenters. The predicted octanol–water partition coefficient (Wildman–Crippen LogP) is 5.76. The molecule has 0 bridgehead atoms. The van der Waals surface area contributed by atoms with Crippen molar-refractivity contribution in [2.24, 2.45) is 0 Å². The highest BCUT2D eigenvalue weighted by atomic mass is 16.5. The van der Waals surface area contributed by atoms with Crippen LogP contribution in [-0.4, -0.2) is 21.2 Å². The van der Waals surface area contributed by atoms with Gasteiger partial charge in [0.15, 0.2) is 0 Å². The largest absolute Gasteiger partial charge is 0.488 e. The third kappa shape index (κ3) is 3.59. The van der Waals surface area contributed by atoms with E-state index in [-0.39, 0.29) is 11.6 Å². The molecule has 4 heteroatoms. The molecule has 3 rings (SSSR count). The van der Waals surface area contributed by atoms with E-state index in [0.29, 0.717) is 5.56 Å². The Bertz CT molecular complexity index is 961. The molecule has 3 aromatic rings. The number of carboxylic acid groups (broad SMARTS) is 1. The molecule has 0 saturated heterocycles. The third-order valence-corrected chi connectivity index (χ3v) is 4.21. The number of rotatable bonds is 4. The van der Waals surface area contributed by atoms with Crippen LogP contribution >= 0.6 is 0 Å². The average molecular weight is 351 g/mol. The lowest BCUT2D eigenvalue weighted by atomic mass is 10.0. The predicted molar refractivity (Wildman–Crippen MR) is 105 cm³/mol. The van der Waals surface area contributed by atoms with Crippen LogP contribution in [0.2, 0.25) is 0 Å². The second-order valence-corrected chi connectivity index (χ2v) is 7.82. The van der Waals surface area contributed by atoms with Gasteiger partial charge < -0.3 is 14.4 Å². The average Bonchev–Trinajstić information content (AvgIpc) is 2.92. The lowest BCUT2D eigenvalue weighted by molar-refractivity contribution is 0.0698. The first-order valence-electron chi connectivity index (χ1n) is 8.83. The fraction of sp³-hybridized carbons (Fsp3) is 0.318. The van der Waals surface area contributed by atoms with Crippen LogP contribution in [-0.2, 0) is 0 Å². The Morgan fingerprint density at radius 3 is 2.38 bits per heavy atom. The van der Waals surface area contributed by atoms with Gasteiger partial charge in [0.05, 0.1) is 5.56 Å². The van der Waals surface area contributed by atoms with Crippen molar-refractivity contribution in [1.82, 2.24) is 4.57 Å². The Morgan fingerprint density at radius 1 is 1.08 bits per heavy atom. The molecule has 0 aliphatic carbocycles. The molecule has 26 heavy (non-hydrogen) atoms.